The summed E-state index contributed by atoms with van der Waals surface area (Å²) < 4.78 is 5.39. The summed E-state index contributed by atoms with van der Waals surface area (Å²) in [6, 6.07) is 10.2. The molecule has 3 N–H and O–H groups in total. The van der Waals surface area contributed by atoms with E-state index in [9.17, 15) is 4.79 Å². The number of benzene rings is 1. The molecule has 0 aromatic heterocycles. The Labute approximate surface area is 157 Å². The minimum Gasteiger partial charge on any atom is -0.379 e. The van der Waals surface area contributed by atoms with Crippen molar-refractivity contribution in [1.29, 1.82) is 0 Å². The number of nitrogens with one attached hydrogen (secondary N) is 1. The number of ether oxygens (including phenoxy) is 1. The van der Waals surface area contributed by atoms with Gasteiger partial charge in [-0.2, -0.15) is 0 Å². The normalized spacial score (nSPS) is 17.1. The Bertz CT molecular complexity index is 454. The van der Waals surface area contributed by atoms with Crippen molar-refractivity contribution >= 4 is 30.7 Å². The van der Waals surface area contributed by atoms with Gasteiger partial charge in [0.2, 0.25) is 5.91 Å². The number of hydrogen-bond acceptors (Lipinski definition) is 4. The predicted octanol–water partition coefficient (Wildman–Crippen LogP) is 2.15. The second-order valence-electron chi connectivity index (χ2n) is 5.96. The molecule has 0 bridgehead atoms. The average Bonchev–Trinajstić information content (AvgIpc) is 2.54. The Morgan fingerprint density at radius 2 is 1.88 bits per heavy atom. The summed E-state index contributed by atoms with van der Waals surface area (Å²) in [5.41, 5.74) is 6.87. The number of morpholine rings is 1. The molecule has 1 fully saturated rings. The van der Waals surface area contributed by atoms with Crippen LogP contribution < -0.4 is 11.1 Å². The molecule has 0 radical (unpaired) electrons. The molecule has 1 aliphatic rings. The lowest BCUT2D eigenvalue weighted by molar-refractivity contribution is -0.122. The van der Waals surface area contributed by atoms with E-state index in [2.05, 4.69) is 22.3 Å². The molecule has 2 rings (SSSR count). The van der Waals surface area contributed by atoms with Crippen molar-refractivity contribution in [3.63, 3.8) is 0 Å². The summed E-state index contributed by atoms with van der Waals surface area (Å²) >= 11 is 0. The standard InChI is InChI=1S/C17H27N3O2.2ClH/c1-14(18)7-8-17(21)19-16(15-5-3-2-4-6-15)13-20-9-11-22-12-10-20;;/h2-6,14,16H,7-13,18H2,1H3,(H,19,21);2*1H. The molecule has 1 aromatic rings. The van der Waals surface area contributed by atoms with Crippen molar-refractivity contribution in [3.05, 3.63) is 35.9 Å². The van der Waals surface area contributed by atoms with E-state index in [4.69, 9.17) is 10.5 Å². The van der Waals surface area contributed by atoms with Crippen molar-refractivity contribution in [2.45, 2.75) is 31.8 Å². The van der Waals surface area contributed by atoms with Crippen LogP contribution in [0, 0.1) is 0 Å². The van der Waals surface area contributed by atoms with Gasteiger partial charge in [0.25, 0.3) is 0 Å². The summed E-state index contributed by atoms with van der Waals surface area (Å²) in [6.45, 7) is 6.10. The van der Waals surface area contributed by atoms with E-state index in [0.29, 0.717) is 12.8 Å². The number of rotatable bonds is 7. The molecular formula is C17H29Cl2N3O2. The number of amides is 1. The van der Waals surface area contributed by atoms with Gasteiger partial charge in [-0.05, 0) is 18.9 Å². The minimum absolute atomic E-state index is 0. The van der Waals surface area contributed by atoms with Crippen LogP contribution >= 0.6 is 24.8 Å². The van der Waals surface area contributed by atoms with E-state index in [0.717, 1.165) is 38.4 Å². The number of nitrogens with two attached hydrogens (primary N) is 1. The molecule has 0 aliphatic carbocycles. The Morgan fingerprint density at radius 3 is 2.46 bits per heavy atom. The number of hydrogen-bond donors (Lipinski definition) is 2. The minimum atomic E-state index is 0. The molecule has 0 saturated carbocycles. The van der Waals surface area contributed by atoms with Gasteiger partial charge in [-0.1, -0.05) is 30.3 Å². The Hall–Kier alpha value is -0.850. The fourth-order valence-electron chi connectivity index (χ4n) is 2.59. The van der Waals surface area contributed by atoms with E-state index < -0.39 is 0 Å². The lowest BCUT2D eigenvalue weighted by atomic mass is 10.1. The lowest BCUT2D eigenvalue weighted by Gasteiger charge is -2.31. The van der Waals surface area contributed by atoms with Crippen molar-refractivity contribution < 1.29 is 9.53 Å². The highest BCUT2D eigenvalue weighted by Crippen LogP contribution is 2.15. The molecule has 138 valence electrons. The van der Waals surface area contributed by atoms with Gasteiger partial charge in [0, 0.05) is 32.1 Å². The molecule has 24 heavy (non-hydrogen) atoms. The van der Waals surface area contributed by atoms with E-state index in [1.165, 1.54) is 0 Å². The zero-order valence-electron chi connectivity index (χ0n) is 14.1. The van der Waals surface area contributed by atoms with Gasteiger partial charge < -0.3 is 15.8 Å². The number of halogens is 2. The Balaban J connectivity index is 0.00000264. The highest BCUT2D eigenvalue weighted by Gasteiger charge is 2.20. The maximum atomic E-state index is 12.2. The first-order valence-corrected chi connectivity index (χ1v) is 8.05. The van der Waals surface area contributed by atoms with Crippen molar-refractivity contribution in [1.82, 2.24) is 10.2 Å². The second-order valence-corrected chi connectivity index (χ2v) is 5.96. The summed E-state index contributed by atoms with van der Waals surface area (Å²) in [7, 11) is 0. The van der Waals surface area contributed by atoms with Crippen LogP contribution in [0.3, 0.4) is 0 Å². The predicted molar refractivity (Wildman–Crippen MR) is 102 cm³/mol. The molecule has 1 heterocycles. The first kappa shape index (κ1) is 23.1. The smallest absolute Gasteiger partial charge is 0.220 e. The average molecular weight is 378 g/mol. The summed E-state index contributed by atoms with van der Waals surface area (Å²) in [6.07, 6.45) is 1.19. The SMILES string of the molecule is CC(N)CCC(=O)NC(CN1CCOCC1)c1ccccc1.Cl.Cl. The molecule has 5 nitrogen and oxygen atoms in total. The second kappa shape index (κ2) is 12.5. The van der Waals surface area contributed by atoms with Gasteiger partial charge in [-0.15, -0.1) is 24.8 Å². The molecular weight excluding hydrogens is 349 g/mol. The molecule has 1 aliphatic heterocycles. The van der Waals surface area contributed by atoms with E-state index in [1.807, 2.05) is 25.1 Å². The fourth-order valence-corrected chi connectivity index (χ4v) is 2.59. The monoisotopic (exact) mass is 377 g/mol. The van der Waals surface area contributed by atoms with Gasteiger partial charge in [-0.3, -0.25) is 9.69 Å². The van der Waals surface area contributed by atoms with Crippen LogP contribution in [0.2, 0.25) is 0 Å². The molecule has 2 atom stereocenters. The van der Waals surface area contributed by atoms with Gasteiger partial charge in [0.05, 0.1) is 19.3 Å². The van der Waals surface area contributed by atoms with Crippen LogP contribution in [0.4, 0.5) is 0 Å². The van der Waals surface area contributed by atoms with E-state index in [1.54, 1.807) is 0 Å². The van der Waals surface area contributed by atoms with Gasteiger partial charge in [-0.25, -0.2) is 0 Å². The zero-order valence-corrected chi connectivity index (χ0v) is 15.8. The topological polar surface area (TPSA) is 67.6 Å². The van der Waals surface area contributed by atoms with Crippen molar-refractivity contribution in [3.8, 4) is 0 Å². The van der Waals surface area contributed by atoms with Crippen LogP contribution in [0.5, 0.6) is 0 Å². The largest absolute Gasteiger partial charge is 0.379 e. The molecule has 2 unspecified atom stereocenters. The Morgan fingerprint density at radius 1 is 1.25 bits per heavy atom. The number of carbonyl (C=O) groups is 1. The van der Waals surface area contributed by atoms with E-state index >= 15 is 0 Å². The number of carbonyl (C=O) groups excluding carboxylic acids is 1. The molecule has 1 amide bonds. The first-order valence-electron chi connectivity index (χ1n) is 8.05. The van der Waals surface area contributed by atoms with Crippen LogP contribution in [0.1, 0.15) is 31.4 Å². The third-order valence-corrected chi connectivity index (χ3v) is 3.91. The quantitative estimate of drug-likeness (QED) is 0.763. The van der Waals surface area contributed by atoms with Crippen LogP contribution in [-0.2, 0) is 9.53 Å². The van der Waals surface area contributed by atoms with Crippen molar-refractivity contribution in [2.75, 3.05) is 32.8 Å². The zero-order chi connectivity index (χ0) is 15.8. The highest BCUT2D eigenvalue weighted by molar-refractivity contribution is 5.85. The van der Waals surface area contributed by atoms with Crippen LogP contribution in [0.15, 0.2) is 30.3 Å². The van der Waals surface area contributed by atoms with Gasteiger partial charge in [0.15, 0.2) is 0 Å². The first-order chi connectivity index (χ1) is 10.6. The molecule has 7 heteroatoms. The molecule has 1 saturated heterocycles. The third kappa shape index (κ3) is 8.31. The third-order valence-electron chi connectivity index (χ3n) is 3.91. The van der Waals surface area contributed by atoms with Gasteiger partial charge >= 0.3 is 0 Å². The maximum Gasteiger partial charge on any atom is 0.220 e. The van der Waals surface area contributed by atoms with Crippen LogP contribution in [-0.4, -0.2) is 49.7 Å². The maximum absolute atomic E-state index is 12.2. The number of nitrogens with zero attached hydrogens (tertiary/aromatic N) is 1. The van der Waals surface area contributed by atoms with Gasteiger partial charge in [0.1, 0.15) is 0 Å². The van der Waals surface area contributed by atoms with E-state index in [-0.39, 0.29) is 42.8 Å². The molecule has 1 aromatic carbocycles. The summed E-state index contributed by atoms with van der Waals surface area (Å²) in [5, 5.41) is 3.16. The fraction of sp³-hybridized carbons (Fsp3) is 0.588. The van der Waals surface area contributed by atoms with Crippen LogP contribution in [0.25, 0.3) is 0 Å². The summed E-state index contributed by atoms with van der Waals surface area (Å²) in [5.74, 6) is 0.0689. The highest BCUT2D eigenvalue weighted by atomic mass is 35.5. The Kier molecular flexibility index (Phi) is 12.1. The lowest BCUT2D eigenvalue weighted by Crippen LogP contribution is -2.43. The van der Waals surface area contributed by atoms with Crippen molar-refractivity contribution in [2.24, 2.45) is 5.73 Å². The molecule has 0 spiro atoms. The summed E-state index contributed by atoms with van der Waals surface area (Å²) in [4.78, 5) is 14.5.